The van der Waals surface area contributed by atoms with Gasteiger partial charge in [0.15, 0.2) is 5.13 Å². The number of aromatic nitrogens is 1. The summed E-state index contributed by atoms with van der Waals surface area (Å²) in [7, 11) is 1.61. The van der Waals surface area contributed by atoms with E-state index in [2.05, 4.69) is 4.98 Å². The molecule has 2 aromatic carbocycles. The van der Waals surface area contributed by atoms with E-state index in [-0.39, 0.29) is 11.7 Å². The zero-order chi connectivity index (χ0) is 21.6. The molecule has 5 nitrogen and oxygen atoms in total. The van der Waals surface area contributed by atoms with Crippen molar-refractivity contribution in [2.45, 2.75) is 24.3 Å². The number of hydrogen-bond donors (Lipinski definition) is 0. The van der Waals surface area contributed by atoms with Crippen LogP contribution in [0, 0.1) is 5.82 Å². The number of methoxy groups -OCH3 is 1. The predicted octanol–water partition coefficient (Wildman–Crippen LogP) is 6.14. The first-order valence-electron chi connectivity index (χ1n) is 9.78. The van der Waals surface area contributed by atoms with Crippen molar-refractivity contribution in [2.75, 3.05) is 17.8 Å². The maximum Gasteiger partial charge on any atom is 0.229 e. The third kappa shape index (κ3) is 5.26. The summed E-state index contributed by atoms with van der Waals surface area (Å²) in [4.78, 5) is 20.5. The van der Waals surface area contributed by atoms with Gasteiger partial charge >= 0.3 is 0 Å². The van der Waals surface area contributed by atoms with Gasteiger partial charge in [0.05, 0.1) is 24.6 Å². The van der Waals surface area contributed by atoms with Crippen LogP contribution in [-0.4, -0.2) is 23.8 Å². The Kier molecular flexibility index (Phi) is 6.89. The molecule has 0 saturated carbocycles. The maximum atomic E-state index is 13.1. The van der Waals surface area contributed by atoms with E-state index in [1.807, 2.05) is 24.3 Å². The molecule has 1 amide bonds. The van der Waals surface area contributed by atoms with Gasteiger partial charge < -0.3 is 9.15 Å². The number of para-hydroxylation sites is 1. The molecule has 0 radical (unpaired) electrons. The molecule has 2 aromatic heterocycles. The molecule has 0 atom stereocenters. The van der Waals surface area contributed by atoms with Gasteiger partial charge in [-0.1, -0.05) is 17.4 Å². The lowest BCUT2D eigenvalue weighted by molar-refractivity contribution is -0.118. The Morgan fingerprint density at radius 3 is 2.77 bits per heavy atom. The quantitative estimate of drug-likeness (QED) is 0.224. The summed E-state index contributed by atoms with van der Waals surface area (Å²) in [5.74, 6) is 1.87. The molecule has 8 heteroatoms. The molecule has 0 aliphatic carbocycles. The monoisotopic (exact) mass is 456 g/mol. The first-order valence-corrected chi connectivity index (χ1v) is 11.6. The largest absolute Gasteiger partial charge is 0.494 e. The Morgan fingerprint density at radius 2 is 2.03 bits per heavy atom. The number of anilines is 1. The fourth-order valence-electron chi connectivity index (χ4n) is 3.09. The van der Waals surface area contributed by atoms with Crippen LogP contribution in [0.4, 0.5) is 9.52 Å². The van der Waals surface area contributed by atoms with Gasteiger partial charge in [-0.2, -0.15) is 0 Å². The van der Waals surface area contributed by atoms with E-state index in [0.717, 1.165) is 20.9 Å². The lowest BCUT2D eigenvalue weighted by atomic mass is 10.3. The van der Waals surface area contributed by atoms with E-state index in [4.69, 9.17) is 9.15 Å². The Morgan fingerprint density at radius 1 is 1.19 bits per heavy atom. The van der Waals surface area contributed by atoms with Gasteiger partial charge in [0, 0.05) is 11.3 Å². The summed E-state index contributed by atoms with van der Waals surface area (Å²) in [5, 5.41) is 0.618. The van der Waals surface area contributed by atoms with Crippen molar-refractivity contribution in [2.24, 2.45) is 0 Å². The number of furan rings is 1. The second-order valence-electron chi connectivity index (χ2n) is 6.77. The zero-order valence-corrected chi connectivity index (χ0v) is 18.5. The number of fused-ring (bicyclic) bond motifs is 1. The number of amides is 1. The summed E-state index contributed by atoms with van der Waals surface area (Å²) in [6.45, 7) is 0.319. The summed E-state index contributed by atoms with van der Waals surface area (Å²) in [5.41, 5.74) is 0.745. The van der Waals surface area contributed by atoms with E-state index in [1.165, 1.54) is 23.5 Å². The van der Waals surface area contributed by atoms with Crippen molar-refractivity contribution < 1.29 is 18.3 Å². The fourth-order valence-corrected chi connectivity index (χ4v) is 4.94. The number of thioether (sulfide) groups is 1. The Balaban J connectivity index is 1.47. The number of thiazole rings is 1. The lowest BCUT2D eigenvalue weighted by Crippen LogP contribution is -2.30. The van der Waals surface area contributed by atoms with Crippen molar-refractivity contribution in [3.05, 3.63) is 72.4 Å². The van der Waals surface area contributed by atoms with Gasteiger partial charge in [0.1, 0.15) is 22.8 Å². The van der Waals surface area contributed by atoms with E-state index in [9.17, 15) is 9.18 Å². The van der Waals surface area contributed by atoms with Gasteiger partial charge in [0.2, 0.25) is 5.91 Å². The molecule has 4 rings (SSSR count). The van der Waals surface area contributed by atoms with Crippen LogP contribution in [0.15, 0.2) is 70.2 Å². The van der Waals surface area contributed by atoms with E-state index >= 15 is 0 Å². The Hall–Kier alpha value is -2.84. The highest BCUT2D eigenvalue weighted by Gasteiger charge is 2.22. The number of hydrogen-bond acceptors (Lipinski definition) is 6. The minimum absolute atomic E-state index is 0.0193. The third-order valence-corrected chi connectivity index (χ3v) is 6.78. The van der Waals surface area contributed by atoms with Crippen LogP contribution < -0.4 is 9.64 Å². The van der Waals surface area contributed by atoms with Gasteiger partial charge in [-0.3, -0.25) is 9.69 Å². The first kappa shape index (κ1) is 21.4. The van der Waals surface area contributed by atoms with E-state index in [1.54, 1.807) is 48.2 Å². The van der Waals surface area contributed by atoms with Crippen molar-refractivity contribution in [1.29, 1.82) is 0 Å². The molecule has 0 fully saturated rings. The molecule has 4 aromatic rings. The number of carbonyl (C=O) groups excluding carboxylic acids is 1. The standard InChI is InChI=1S/C23H21FN2O3S2/c1-28-19-6-2-7-20-22(19)25-23(31-20)26(15-17-5-3-13-29-17)21(27)8-4-14-30-18-11-9-16(24)10-12-18/h2-3,5-7,9-13H,4,8,14-15H2,1H3. The molecular weight excluding hydrogens is 435 g/mol. The normalized spacial score (nSPS) is 11.0. The van der Waals surface area contributed by atoms with Crippen LogP contribution in [0.3, 0.4) is 0 Å². The summed E-state index contributed by atoms with van der Waals surface area (Å²) < 4.78 is 24.9. The fraction of sp³-hybridized carbons (Fsp3) is 0.217. The average molecular weight is 457 g/mol. The van der Waals surface area contributed by atoms with E-state index in [0.29, 0.717) is 36.0 Å². The third-order valence-electron chi connectivity index (χ3n) is 4.63. The first-order chi connectivity index (χ1) is 15.1. The molecule has 0 aliphatic rings. The molecule has 160 valence electrons. The summed E-state index contributed by atoms with van der Waals surface area (Å²) >= 11 is 3.06. The molecular formula is C23H21FN2O3S2. The van der Waals surface area contributed by atoms with Gasteiger partial charge in [-0.25, -0.2) is 9.37 Å². The van der Waals surface area contributed by atoms with Crippen molar-refractivity contribution >= 4 is 44.4 Å². The van der Waals surface area contributed by atoms with Crippen LogP contribution in [0.1, 0.15) is 18.6 Å². The van der Waals surface area contributed by atoms with Crippen LogP contribution >= 0.6 is 23.1 Å². The molecule has 0 unspecified atom stereocenters. The molecule has 2 heterocycles. The number of nitrogens with zero attached hydrogens (tertiary/aromatic N) is 2. The van der Waals surface area contributed by atoms with Crippen LogP contribution in [-0.2, 0) is 11.3 Å². The zero-order valence-electron chi connectivity index (χ0n) is 16.9. The average Bonchev–Trinajstić information content (AvgIpc) is 3.45. The predicted molar refractivity (Wildman–Crippen MR) is 122 cm³/mol. The highest BCUT2D eigenvalue weighted by molar-refractivity contribution is 7.99. The maximum absolute atomic E-state index is 13.1. The second-order valence-corrected chi connectivity index (χ2v) is 8.95. The Bertz CT molecular complexity index is 1140. The van der Waals surface area contributed by atoms with E-state index < -0.39 is 0 Å². The second kappa shape index (κ2) is 9.98. The van der Waals surface area contributed by atoms with Crippen LogP contribution in [0.25, 0.3) is 10.2 Å². The SMILES string of the molecule is COc1cccc2sc(N(Cc3ccco3)C(=O)CCCSc3ccc(F)cc3)nc12. The number of carbonyl (C=O) groups is 1. The molecule has 0 N–H and O–H groups in total. The minimum atomic E-state index is -0.249. The molecule has 0 saturated heterocycles. The lowest BCUT2D eigenvalue weighted by Gasteiger charge is -2.18. The number of benzene rings is 2. The highest BCUT2D eigenvalue weighted by atomic mass is 32.2. The Labute approximate surface area is 187 Å². The summed E-state index contributed by atoms with van der Waals surface area (Å²) in [6.07, 6.45) is 2.67. The molecule has 0 aliphatic heterocycles. The minimum Gasteiger partial charge on any atom is -0.494 e. The number of ether oxygens (including phenoxy) is 1. The van der Waals surface area contributed by atoms with Gasteiger partial charge in [0.25, 0.3) is 0 Å². The smallest absolute Gasteiger partial charge is 0.229 e. The number of rotatable bonds is 9. The summed E-state index contributed by atoms with van der Waals surface area (Å²) in [6, 6.07) is 15.8. The number of halogens is 1. The topological polar surface area (TPSA) is 55.6 Å². The highest BCUT2D eigenvalue weighted by Crippen LogP contribution is 2.35. The molecule has 31 heavy (non-hydrogen) atoms. The molecule has 0 spiro atoms. The van der Waals surface area contributed by atoms with Gasteiger partial charge in [-0.15, -0.1) is 11.8 Å². The van der Waals surface area contributed by atoms with Crippen molar-refractivity contribution in [1.82, 2.24) is 4.98 Å². The van der Waals surface area contributed by atoms with Gasteiger partial charge in [-0.05, 0) is 60.7 Å². The molecule has 0 bridgehead atoms. The van der Waals surface area contributed by atoms with Crippen LogP contribution in [0.5, 0.6) is 5.75 Å². The van der Waals surface area contributed by atoms with Crippen LogP contribution in [0.2, 0.25) is 0 Å². The van der Waals surface area contributed by atoms with Crippen molar-refractivity contribution in [3.63, 3.8) is 0 Å². The van der Waals surface area contributed by atoms with Crippen molar-refractivity contribution in [3.8, 4) is 5.75 Å².